The van der Waals surface area contributed by atoms with Gasteiger partial charge >= 0.3 is 0 Å². The van der Waals surface area contributed by atoms with Gasteiger partial charge in [-0.3, -0.25) is 25.0 Å². The minimum atomic E-state index is -1.02. The van der Waals surface area contributed by atoms with Gasteiger partial charge < -0.3 is 10.1 Å². The maximum absolute atomic E-state index is 12.6. The highest BCUT2D eigenvalue weighted by Crippen LogP contribution is 2.32. The number of carbonyl (C=O) groups is 1. The molecule has 5 atom stereocenters. The number of nitrogens with zero attached hydrogens (tertiary/aromatic N) is 2. The highest BCUT2D eigenvalue weighted by Gasteiger charge is 2.45. The second-order valence-corrected chi connectivity index (χ2v) is 9.13. The summed E-state index contributed by atoms with van der Waals surface area (Å²) in [6.45, 7) is 2.20. The van der Waals surface area contributed by atoms with E-state index in [-0.39, 0.29) is 30.4 Å². The highest BCUT2D eigenvalue weighted by atomic mass is 16.6. The van der Waals surface area contributed by atoms with Crippen molar-refractivity contribution in [3.8, 4) is 0 Å². The topological polar surface area (TPSA) is 125 Å². The highest BCUT2D eigenvalue weighted by molar-refractivity contribution is 5.79. The summed E-state index contributed by atoms with van der Waals surface area (Å²) in [6, 6.07) is -1.59. The molecule has 3 aliphatic carbocycles. The van der Waals surface area contributed by atoms with Gasteiger partial charge in [-0.25, -0.2) is 0 Å². The van der Waals surface area contributed by atoms with Crippen LogP contribution in [0.5, 0.6) is 0 Å². The maximum atomic E-state index is 12.6. The molecule has 0 aromatic heterocycles. The second-order valence-electron chi connectivity index (χ2n) is 9.13. The van der Waals surface area contributed by atoms with Gasteiger partial charge in [0, 0.05) is 28.2 Å². The molecule has 3 rings (SSSR count). The van der Waals surface area contributed by atoms with Crippen LogP contribution in [0.25, 0.3) is 0 Å². The van der Waals surface area contributed by atoms with Crippen LogP contribution in [0.1, 0.15) is 77.6 Å². The van der Waals surface area contributed by atoms with Crippen LogP contribution in [0.2, 0.25) is 0 Å². The fraction of sp³-hybridized carbons (Fsp3) is 0.950. The predicted molar refractivity (Wildman–Crippen MR) is 106 cm³/mol. The molecular weight excluding hydrogens is 378 g/mol. The maximum Gasteiger partial charge on any atom is 0.245 e. The Morgan fingerprint density at radius 3 is 2.24 bits per heavy atom. The zero-order valence-corrected chi connectivity index (χ0v) is 17.2. The van der Waals surface area contributed by atoms with Crippen molar-refractivity contribution in [2.45, 2.75) is 108 Å². The third kappa shape index (κ3) is 5.65. The fourth-order valence-corrected chi connectivity index (χ4v) is 5.21. The Hall–Kier alpha value is -1.77. The van der Waals surface area contributed by atoms with E-state index in [2.05, 4.69) is 12.2 Å². The van der Waals surface area contributed by atoms with E-state index in [1.54, 1.807) is 0 Å². The van der Waals surface area contributed by atoms with Crippen LogP contribution < -0.4 is 5.32 Å². The van der Waals surface area contributed by atoms with E-state index >= 15 is 0 Å². The first kappa shape index (κ1) is 21.9. The van der Waals surface area contributed by atoms with Crippen LogP contribution in [0.15, 0.2) is 0 Å². The van der Waals surface area contributed by atoms with Gasteiger partial charge in [-0.05, 0) is 50.9 Å². The van der Waals surface area contributed by atoms with Crippen molar-refractivity contribution in [2.75, 3.05) is 0 Å². The van der Waals surface area contributed by atoms with E-state index in [4.69, 9.17) is 4.74 Å². The Balaban J connectivity index is 1.46. The van der Waals surface area contributed by atoms with Gasteiger partial charge in [0.25, 0.3) is 0 Å². The van der Waals surface area contributed by atoms with E-state index in [0.29, 0.717) is 31.6 Å². The van der Waals surface area contributed by atoms with Crippen LogP contribution in [-0.4, -0.2) is 46.1 Å². The summed E-state index contributed by atoms with van der Waals surface area (Å²) in [5, 5.41) is 25.6. The Morgan fingerprint density at radius 1 is 0.931 bits per heavy atom. The molecule has 9 nitrogen and oxygen atoms in total. The summed E-state index contributed by atoms with van der Waals surface area (Å²) >= 11 is 0. The largest absolute Gasteiger partial charge is 0.368 e. The van der Waals surface area contributed by atoms with Crippen LogP contribution in [-0.2, 0) is 9.53 Å². The average Bonchev–Trinajstić information content (AvgIpc) is 2.70. The second kappa shape index (κ2) is 9.82. The number of hydrogen-bond donors (Lipinski definition) is 1. The molecule has 0 heterocycles. The van der Waals surface area contributed by atoms with Crippen molar-refractivity contribution in [3.05, 3.63) is 20.2 Å². The van der Waals surface area contributed by atoms with Gasteiger partial charge in [-0.15, -0.1) is 0 Å². The molecule has 29 heavy (non-hydrogen) atoms. The molecule has 0 bridgehead atoms. The van der Waals surface area contributed by atoms with Gasteiger partial charge in [0.15, 0.2) is 0 Å². The van der Waals surface area contributed by atoms with E-state index in [1.807, 2.05) is 0 Å². The van der Waals surface area contributed by atoms with Crippen LogP contribution in [0, 0.1) is 32.1 Å². The number of hydrogen-bond acceptors (Lipinski definition) is 6. The molecule has 9 heteroatoms. The summed E-state index contributed by atoms with van der Waals surface area (Å²) in [5.74, 6) is 0.651. The number of nitro groups is 2. The fourth-order valence-electron chi connectivity index (χ4n) is 5.21. The van der Waals surface area contributed by atoms with Crippen molar-refractivity contribution >= 4 is 5.91 Å². The van der Waals surface area contributed by atoms with Gasteiger partial charge in [0.1, 0.15) is 6.10 Å². The summed E-state index contributed by atoms with van der Waals surface area (Å²) < 4.78 is 6.03. The first-order valence-electron chi connectivity index (χ1n) is 11.1. The zero-order valence-electron chi connectivity index (χ0n) is 17.2. The molecule has 0 aromatic rings. The molecular formula is C20H33N3O6. The Morgan fingerprint density at radius 2 is 1.62 bits per heavy atom. The first-order valence-corrected chi connectivity index (χ1v) is 11.1. The first-order chi connectivity index (χ1) is 13.8. The van der Waals surface area contributed by atoms with Crippen molar-refractivity contribution in [3.63, 3.8) is 0 Å². The van der Waals surface area contributed by atoms with Crippen LogP contribution in [0.3, 0.4) is 0 Å². The molecule has 164 valence electrons. The number of amides is 1. The lowest BCUT2D eigenvalue weighted by atomic mass is 9.83. The Bertz CT molecular complexity index is 607. The lowest BCUT2D eigenvalue weighted by molar-refractivity contribution is -0.577. The van der Waals surface area contributed by atoms with Gasteiger partial charge in [0.05, 0.1) is 12.5 Å². The van der Waals surface area contributed by atoms with Crippen LogP contribution >= 0.6 is 0 Å². The summed E-state index contributed by atoms with van der Waals surface area (Å²) in [4.78, 5) is 34.2. The molecule has 5 unspecified atom stereocenters. The number of carbonyl (C=O) groups excluding carboxylic acids is 1. The summed E-state index contributed by atoms with van der Waals surface area (Å²) in [7, 11) is 0. The number of ether oxygens (including phenoxy) is 1. The molecule has 0 saturated heterocycles. The minimum Gasteiger partial charge on any atom is -0.368 e. The molecule has 3 fully saturated rings. The van der Waals surface area contributed by atoms with Crippen LogP contribution in [0.4, 0.5) is 0 Å². The van der Waals surface area contributed by atoms with Crippen molar-refractivity contribution in [1.82, 2.24) is 5.32 Å². The van der Waals surface area contributed by atoms with E-state index in [0.717, 1.165) is 19.3 Å². The minimum absolute atomic E-state index is 0.0134. The molecule has 0 radical (unpaired) electrons. The van der Waals surface area contributed by atoms with E-state index in [1.165, 1.54) is 19.3 Å². The molecule has 0 spiro atoms. The lowest BCUT2D eigenvalue weighted by Gasteiger charge is -2.35. The van der Waals surface area contributed by atoms with E-state index in [9.17, 15) is 25.0 Å². The summed E-state index contributed by atoms with van der Waals surface area (Å²) in [5.41, 5.74) is 0. The SMILES string of the molecule is CC1CCCCC1NC(=O)C1CCC(OC2CCC([N+](=O)[O-])CC2[N+](=O)[O-])CC1. The third-order valence-electron chi connectivity index (χ3n) is 7.15. The van der Waals surface area contributed by atoms with Gasteiger partial charge in [-0.1, -0.05) is 19.8 Å². The normalized spacial score (nSPS) is 38.2. The number of nitrogens with one attached hydrogen (secondary N) is 1. The van der Waals surface area contributed by atoms with Gasteiger partial charge in [0.2, 0.25) is 18.0 Å². The molecule has 3 saturated carbocycles. The molecule has 0 aromatic carbocycles. The lowest BCUT2D eigenvalue weighted by Crippen LogP contribution is -2.47. The van der Waals surface area contributed by atoms with Crippen molar-refractivity contribution in [1.29, 1.82) is 0 Å². The Kier molecular flexibility index (Phi) is 7.43. The monoisotopic (exact) mass is 411 g/mol. The average molecular weight is 411 g/mol. The molecule has 1 amide bonds. The zero-order chi connectivity index (χ0) is 21.0. The Labute approximate surface area is 171 Å². The van der Waals surface area contributed by atoms with Gasteiger partial charge in [-0.2, -0.15) is 0 Å². The summed E-state index contributed by atoms with van der Waals surface area (Å²) in [6.07, 6.45) is 7.43. The third-order valence-corrected chi connectivity index (χ3v) is 7.15. The quantitative estimate of drug-likeness (QED) is 0.529. The molecule has 3 aliphatic rings. The standard InChI is InChI=1S/C20H33N3O6/c1-13-4-2-3-5-17(13)21-20(24)14-6-9-16(10-7-14)29-19-11-8-15(22(25)26)12-18(19)23(27)28/h13-19H,2-12H2,1H3,(H,21,24). The molecule has 0 aliphatic heterocycles. The smallest absolute Gasteiger partial charge is 0.245 e. The van der Waals surface area contributed by atoms with Crippen molar-refractivity contribution in [2.24, 2.45) is 11.8 Å². The predicted octanol–water partition coefficient (Wildman–Crippen LogP) is 3.10. The number of rotatable bonds is 6. The van der Waals surface area contributed by atoms with Crippen molar-refractivity contribution < 1.29 is 19.4 Å². The molecule has 1 N–H and O–H groups in total. The van der Waals surface area contributed by atoms with E-state index < -0.39 is 28.0 Å².